The second-order valence-corrected chi connectivity index (χ2v) is 5.55. The van der Waals surface area contributed by atoms with Crippen molar-refractivity contribution in [3.63, 3.8) is 0 Å². The van der Waals surface area contributed by atoms with Gasteiger partial charge in [0.2, 0.25) is 11.8 Å². The van der Waals surface area contributed by atoms with Crippen molar-refractivity contribution in [2.75, 3.05) is 11.1 Å². The number of para-hydroxylation sites is 1. The smallest absolute Gasteiger partial charge is 0.332 e. The van der Waals surface area contributed by atoms with Crippen LogP contribution in [0.3, 0.4) is 0 Å². The van der Waals surface area contributed by atoms with Gasteiger partial charge in [-0.15, -0.1) is 0 Å². The van der Waals surface area contributed by atoms with E-state index in [4.69, 9.17) is 5.73 Å². The van der Waals surface area contributed by atoms with E-state index in [0.29, 0.717) is 5.69 Å². The zero-order valence-electron chi connectivity index (χ0n) is 10.2. The van der Waals surface area contributed by atoms with Crippen LogP contribution in [0.5, 0.6) is 0 Å². The van der Waals surface area contributed by atoms with E-state index in [0.717, 1.165) is 8.95 Å². The normalized spacial score (nSPS) is 10.3. The van der Waals surface area contributed by atoms with Gasteiger partial charge in [0.25, 0.3) is 0 Å². The van der Waals surface area contributed by atoms with Gasteiger partial charge < -0.3 is 11.1 Å². The Morgan fingerprint density at radius 1 is 1.30 bits per heavy atom. The zero-order chi connectivity index (χ0) is 14.9. The summed E-state index contributed by atoms with van der Waals surface area (Å²) in [5, 5.41) is 14.0. The number of nitro groups is 1. The molecule has 2 aromatic rings. The molecule has 0 amide bonds. The molecule has 7 nitrogen and oxygen atoms in total. The van der Waals surface area contributed by atoms with E-state index >= 15 is 0 Å². The average Bonchev–Trinajstić information content (AvgIpc) is 2.32. The molecular weight excluding hydrogens is 394 g/mol. The van der Waals surface area contributed by atoms with Crippen LogP contribution in [-0.4, -0.2) is 14.9 Å². The van der Waals surface area contributed by atoms with Crippen molar-refractivity contribution < 1.29 is 4.92 Å². The number of nitrogens with zero attached hydrogens (tertiary/aromatic N) is 3. The number of aromatic nitrogens is 2. The second kappa shape index (κ2) is 5.71. The van der Waals surface area contributed by atoms with Crippen LogP contribution in [0.1, 0.15) is 5.69 Å². The van der Waals surface area contributed by atoms with Crippen LogP contribution in [0, 0.1) is 17.0 Å². The Labute approximate surface area is 131 Å². The molecule has 0 fully saturated rings. The summed E-state index contributed by atoms with van der Waals surface area (Å²) in [5.74, 6) is 0.0198. The number of nitrogen functional groups attached to an aromatic ring is 1. The lowest BCUT2D eigenvalue weighted by molar-refractivity contribution is -0.385. The van der Waals surface area contributed by atoms with Gasteiger partial charge in [0.1, 0.15) is 5.69 Å². The third-order valence-electron chi connectivity index (χ3n) is 2.46. The van der Waals surface area contributed by atoms with Gasteiger partial charge in [-0.25, -0.2) is 4.98 Å². The van der Waals surface area contributed by atoms with Crippen molar-refractivity contribution >= 4 is 55.0 Å². The summed E-state index contributed by atoms with van der Waals surface area (Å²) in [6.07, 6.45) is 0. The van der Waals surface area contributed by atoms with Crippen LogP contribution >= 0.6 is 31.9 Å². The lowest BCUT2D eigenvalue weighted by Gasteiger charge is -2.11. The van der Waals surface area contributed by atoms with E-state index in [1.54, 1.807) is 12.1 Å². The average molecular weight is 403 g/mol. The lowest BCUT2D eigenvalue weighted by atomic mass is 10.3. The predicted octanol–water partition coefficient (Wildman–Crippen LogP) is 3.54. The maximum atomic E-state index is 11.1. The molecule has 1 aromatic carbocycles. The molecular formula is C11H9Br2N5O2. The van der Waals surface area contributed by atoms with Crippen molar-refractivity contribution in [2.45, 2.75) is 6.92 Å². The Bertz CT molecular complexity index is 673. The maximum absolute atomic E-state index is 11.1. The summed E-state index contributed by atoms with van der Waals surface area (Å²) < 4.78 is 1.46. The summed E-state index contributed by atoms with van der Waals surface area (Å²) in [6, 6.07) is 5.43. The van der Waals surface area contributed by atoms with Crippen molar-refractivity contribution in [1.82, 2.24) is 9.97 Å². The summed E-state index contributed by atoms with van der Waals surface area (Å²) in [4.78, 5) is 18.3. The largest absolute Gasteiger partial charge is 0.368 e. The van der Waals surface area contributed by atoms with Crippen LogP contribution in [-0.2, 0) is 0 Å². The number of hydrogen-bond acceptors (Lipinski definition) is 6. The molecule has 0 atom stereocenters. The molecule has 0 aliphatic heterocycles. The first-order valence-electron chi connectivity index (χ1n) is 5.39. The Hall–Kier alpha value is -1.74. The summed E-state index contributed by atoms with van der Waals surface area (Å²) in [6.45, 7) is 1.51. The number of rotatable bonds is 3. The Morgan fingerprint density at radius 2 is 1.90 bits per heavy atom. The highest BCUT2D eigenvalue weighted by Crippen LogP contribution is 2.36. The molecule has 0 radical (unpaired) electrons. The van der Waals surface area contributed by atoms with Gasteiger partial charge in [0.05, 0.1) is 10.6 Å². The molecule has 20 heavy (non-hydrogen) atoms. The molecule has 0 bridgehead atoms. The summed E-state index contributed by atoms with van der Waals surface area (Å²) >= 11 is 6.73. The van der Waals surface area contributed by atoms with Crippen LogP contribution in [0.4, 0.5) is 23.1 Å². The third-order valence-corrected chi connectivity index (χ3v) is 3.79. The molecule has 0 saturated carbocycles. The fourth-order valence-corrected chi connectivity index (χ4v) is 2.83. The first-order chi connectivity index (χ1) is 9.40. The van der Waals surface area contributed by atoms with E-state index in [1.165, 1.54) is 6.92 Å². The highest BCUT2D eigenvalue weighted by molar-refractivity contribution is 9.11. The van der Waals surface area contributed by atoms with E-state index in [2.05, 4.69) is 47.1 Å². The molecule has 1 aromatic heterocycles. The molecule has 0 aliphatic carbocycles. The van der Waals surface area contributed by atoms with Crippen LogP contribution in [0.25, 0.3) is 0 Å². The van der Waals surface area contributed by atoms with Crippen molar-refractivity contribution in [3.05, 3.63) is 43.0 Å². The van der Waals surface area contributed by atoms with E-state index < -0.39 is 4.92 Å². The number of halogens is 2. The zero-order valence-corrected chi connectivity index (χ0v) is 13.4. The second-order valence-electron chi connectivity index (χ2n) is 3.84. The first-order valence-corrected chi connectivity index (χ1v) is 6.98. The molecule has 0 aliphatic rings. The summed E-state index contributed by atoms with van der Waals surface area (Å²) in [5.41, 5.74) is 6.16. The molecule has 0 saturated heterocycles. The van der Waals surface area contributed by atoms with Gasteiger partial charge >= 0.3 is 5.69 Å². The van der Waals surface area contributed by atoms with Gasteiger partial charge in [-0.1, -0.05) is 6.07 Å². The van der Waals surface area contributed by atoms with Gasteiger partial charge in [-0.2, -0.15) is 4.98 Å². The number of aryl methyl sites for hydroxylation is 1. The fraction of sp³-hybridized carbons (Fsp3) is 0.0909. The van der Waals surface area contributed by atoms with E-state index in [9.17, 15) is 10.1 Å². The van der Waals surface area contributed by atoms with E-state index in [-0.39, 0.29) is 23.1 Å². The molecule has 9 heteroatoms. The van der Waals surface area contributed by atoms with Crippen molar-refractivity contribution in [1.29, 1.82) is 0 Å². The van der Waals surface area contributed by atoms with Crippen molar-refractivity contribution in [3.8, 4) is 0 Å². The standard InChI is InChI=1S/C11H9Br2N5O2/c1-5-9(18(19)20)10(17-11(14)15-5)16-8-6(12)3-2-4-7(8)13/h2-4H,1H3,(H3,14,15,16,17). The fourth-order valence-electron chi connectivity index (χ4n) is 1.63. The van der Waals surface area contributed by atoms with Crippen molar-refractivity contribution in [2.24, 2.45) is 0 Å². The minimum Gasteiger partial charge on any atom is -0.368 e. The van der Waals surface area contributed by atoms with Crippen LogP contribution in [0.2, 0.25) is 0 Å². The summed E-state index contributed by atoms with van der Waals surface area (Å²) in [7, 11) is 0. The van der Waals surface area contributed by atoms with E-state index in [1.807, 2.05) is 6.07 Å². The molecule has 104 valence electrons. The topological polar surface area (TPSA) is 107 Å². The van der Waals surface area contributed by atoms with Gasteiger partial charge in [-0.05, 0) is 50.9 Å². The van der Waals surface area contributed by atoms with Crippen LogP contribution < -0.4 is 11.1 Å². The van der Waals surface area contributed by atoms with Crippen LogP contribution in [0.15, 0.2) is 27.1 Å². The Morgan fingerprint density at radius 3 is 2.45 bits per heavy atom. The molecule has 0 spiro atoms. The Balaban J connectivity index is 2.56. The molecule has 2 rings (SSSR count). The maximum Gasteiger partial charge on any atom is 0.332 e. The van der Waals surface area contributed by atoms with Gasteiger partial charge in [-0.3, -0.25) is 10.1 Å². The monoisotopic (exact) mass is 401 g/mol. The SMILES string of the molecule is Cc1nc(N)nc(Nc2c(Br)cccc2Br)c1[N+](=O)[O-]. The quantitative estimate of drug-likeness (QED) is 0.600. The first kappa shape index (κ1) is 14.7. The number of benzene rings is 1. The third kappa shape index (κ3) is 2.88. The lowest BCUT2D eigenvalue weighted by Crippen LogP contribution is -2.07. The molecule has 1 heterocycles. The van der Waals surface area contributed by atoms with Gasteiger partial charge in [0.15, 0.2) is 0 Å². The number of hydrogen-bond donors (Lipinski definition) is 2. The van der Waals surface area contributed by atoms with Gasteiger partial charge in [0, 0.05) is 8.95 Å². The minimum atomic E-state index is -0.540. The Kier molecular flexibility index (Phi) is 4.19. The predicted molar refractivity (Wildman–Crippen MR) is 83.0 cm³/mol. The number of nitrogens with two attached hydrogens (primary N) is 1. The molecule has 3 N–H and O–H groups in total. The molecule has 0 unspecified atom stereocenters. The number of anilines is 3. The highest BCUT2D eigenvalue weighted by atomic mass is 79.9. The minimum absolute atomic E-state index is 0.0289. The highest BCUT2D eigenvalue weighted by Gasteiger charge is 2.22. The number of nitrogens with one attached hydrogen (secondary N) is 1.